The maximum atomic E-state index is 10.3. The van der Waals surface area contributed by atoms with E-state index in [1.807, 2.05) is 47.2 Å². The van der Waals surface area contributed by atoms with E-state index in [1.165, 1.54) is 12.8 Å². The van der Waals surface area contributed by atoms with Crippen molar-refractivity contribution in [2.75, 3.05) is 27.3 Å². The summed E-state index contributed by atoms with van der Waals surface area (Å²) >= 11 is 0. The van der Waals surface area contributed by atoms with Gasteiger partial charge in [0.2, 0.25) is 0 Å². The van der Waals surface area contributed by atoms with Crippen molar-refractivity contribution < 1.29 is 14.6 Å². The summed E-state index contributed by atoms with van der Waals surface area (Å²) in [7, 11) is 3.26. The summed E-state index contributed by atoms with van der Waals surface area (Å²) in [6.45, 7) is 2.75. The maximum Gasteiger partial charge on any atom is 0.174 e. The molecule has 0 aliphatic carbocycles. The Morgan fingerprint density at radius 3 is 2.57 bits per heavy atom. The summed E-state index contributed by atoms with van der Waals surface area (Å²) in [5.74, 6) is 2.87. The minimum Gasteiger partial charge on any atom is -0.507 e. The van der Waals surface area contributed by atoms with Crippen molar-refractivity contribution >= 4 is 12.2 Å². The molecule has 2 aromatic carbocycles. The van der Waals surface area contributed by atoms with Gasteiger partial charge in [-0.25, -0.2) is 9.67 Å². The summed E-state index contributed by atoms with van der Waals surface area (Å²) in [6.07, 6.45) is 6.17. The second kappa shape index (κ2) is 9.00. The lowest BCUT2D eigenvalue weighted by Gasteiger charge is -2.16. The first kappa shape index (κ1) is 20.0. The molecule has 1 aliphatic rings. The molecule has 1 N–H and O–H groups in total. The van der Waals surface area contributed by atoms with Crippen LogP contribution in [0.25, 0.3) is 23.5 Å². The van der Waals surface area contributed by atoms with Crippen LogP contribution in [0.1, 0.15) is 24.2 Å². The molecule has 0 unspecified atom stereocenters. The van der Waals surface area contributed by atoms with Gasteiger partial charge in [-0.1, -0.05) is 12.1 Å². The highest BCUT2D eigenvalue weighted by Crippen LogP contribution is 2.29. The van der Waals surface area contributed by atoms with Crippen LogP contribution in [0, 0.1) is 0 Å². The lowest BCUT2D eigenvalue weighted by molar-refractivity contribution is 0.257. The minimum absolute atomic E-state index is 0.194. The standard InChI is InChI=1S/C23H26N4O3/c1-29-18-11-9-17(21(15-18)30-2)10-12-22-24-23(19-7-3-4-8-20(19)28)27(25-22)16-26-13-5-6-14-26/h3-4,7-12,15,28H,5-6,13-14,16H2,1-2H3/b12-10+. The maximum absolute atomic E-state index is 10.3. The number of aromatic hydroxyl groups is 1. The smallest absolute Gasteiger partial charge is 0.174 e. The molecule has 0 radical (unpaired) electrons. The molecule has 1 aromatic heterocycles. The van der Waals surface area contributed by atoms with Crippen LogP contribution in [-0.4, -0.2) is 52.1 Å². The zero-order valence-electron chi connectivity index (χ0n) is 17.3. The average Bonchev–Trinajstić information content (AvgIpc) is 3.43. The number of rotatable bonds is 7. The van der Waals surface area contributed by atoms with Crippen LogP contribution < -0.4 is 9.47 Å². The highest BCUT2D eigenvalue weighted by Gasteiger charge is 2.18. The first-order chi connectivity index (χ1) is 14.7. The molecule has 156 valence electrons. The fraction of sp³-hybridized carbons (Fsp3) is 0.304. The molecule has 2 heterocycles. The molecule has 1 saturated heterocycles. The van der Waals surface area contributed by atoms with Gasteiger partial charge in [-0.2, -0.15) is 0 Å². The predicted octanol–water partition coefficient (Wildman–Crippen LogP) is 3.89. The fourth-order valence-corrected chi connectivity index (χ4v) is 3.62. The lowest BCUT2D eigenvalue weighted by atomic mass is 10.1. The van der Waals surface area contributed by atoms with E-state index in [0.29, 0.717) is 29.6 Å². The second-order valence-corrected chi connectivity index (χ2v) is 7.22. The Balaban J connectivity index is 1.67. The van der Waals surface area contributed by atoms with Crippen LogP contribution in [-0.2, 0) is 6.67 Å². The number of ether oxygens (including phenoxy) is 2. The van der Waals surface area contributed by atoms with Gasteiger partial charge >= 0.3 is 0 Å². The highest BCUT2D eigenvalue weighted by molar-refractivity contribution is 5.72. The third-order valence-electron chi connectivity index (χ3n) is 5.22. The van der Waals surface area contributed by atoms with E-state index in [2.05, 4.69) is 4.90 Å². The molecule has 0 atom stereocenters. The van der Waals surface area contributed by atoms with E-state index in [4.69, 9.17) is 19.6 Å². The van der Waals surface area contributed by atoms with E-state index in [-0.39, 0.29) is 5.75 Å². The summed E-state index contributed by atoms with van der Waals surface area (Å²) in [5.41, 5.74) is 1.57. The predicted molar refractivity (Wildman–Crippen MR) is 116 cm³/mol. The third-order valence-corrected chi connectivity index (χ3v) is 5.22. The van der Waals surface area contributed by atoms with E-state index in [9.17, 15) is 5.11 Å². The van der Waals surface area contributed by atoms with Crippen molar-refractivity contribution in [3.63, 3.8) is 0 Å². The van der Waals surface area contributed by atoms with Crippen molar-refractivity contribution in [2.24, 2.45) is 0 Å². The second-order valence-electron chi connectivity index (χ2n) is 7.22. The van der Waals surface area contributed by atoms with Crippen molar-refractivity contribution in [3.05, 3.63) is 53.9 Å². The van der Waals surface area contributed by atoms with Crippen molar-refractivity contribution in [2.45, 2.75) is 19.5 Å². The number of nitrogens with zero attached hydrogens (tertiary/aromatic N) is 4. The van der Waals surface area contributed by atoms with Crippen LogP contribution >= 0.6 is 0 Å². The number of para-hydroxylation sites is 1. The first-order valence-corrected chi connectivity index (χ1v) is 10.0. The molecule has 0 saturated carbocycles. The largest absolute Gasteiger partial charge is 0.507 e. The fourth-order valence-electron chi connectivity index (χ4n) is 3.62. The summed E-state index contributed by atoms with van der Waals surface area (Å²) in [4.78, 5) is 7.05. The lowest BCUT2D eigenvalue weighted by Crippen LogP contribution is -2.24. The molecule has 0 spiro atoms. The van der Waals surface area contributed by atoms with Gasteiger partial charge in [0.15, 0.2) is 11.6 Å². The average molecular weight is 406 g/mol. The number of likely N-dealkylation sites (tertiary alicyclic amines) is 1. The number of hydrogen-bond acceptors (Lipinski definition) is 6. The summed E-state index contributed by atoms with van der Waals surface area (Å²) < 4.78 is 12.6. The van der Waals surface area contributed by atoms with Crippen LogP contribution in [0.5, 0.6) is 17.2 Å². The van der Waals surface area contributed by atoms with Crippen LogP contribution in [0.15, 0.2) is 42.5 Å². The quantitative estimate of drug-likeness (QED) is 0.642. The number of phenolic OH excluding ortho intramolecular Hbond substituents is 1. The number of methoxy groups -OCH3 is 2. The minimum atomic E-state index is 0.194. The van der Waals surface area contributed by atoms with Crippen molar-refractivity contribution in [3.8, 4) is 28.6 Å². The van der Waals surface area contributed by atoms with Gasteiger partial charge in [-0.3, -0.25) is 4.90 Å². The Hall–Kier alpha value is -3.32. The highest BCUT2D eigenvalue weighted by atomic mass is 16.5. The number of benzene rings is 2. The van der Waals surface area contributed by atoms with Crippen LogP contribution in [0.4, 0.5) is 0 Å². The summed E-state index contributed by atoms with van der Waals surface area (Å²) in [6, 6.07) is 12.9. The number of phenols is 1. The molecular formula is C23H26N4O3. The molecule has 4 rings (SSSR count). The first-order valence-electron chi connectivity index (χ1n) is 10.0. The van der Waals surface area contributed by atoms with Gasteiger partial charge in [0.1, 0.15) is 17.2 Å². The monoisotopic (exact) mass is 406 g/mol. The van der Waals surface area contributed by atoms with Crippen molar-refractivity contribution in [1.29, 1.82) is 0 Å². The van der Waals surface area contributed by atoms with E-state index < -0.39 is 0 Å². The zero-order valence-corrected chi connectivity index (χ0v) is 17.3. The Bertz CT molecular complexity index is 1040. The molecule has 7 heteroatoms. The van der Waals surface area contributed by atoms with E-state index >= 15 is 0 Å². The normalized spacial score (nSPS) is 14.5. The molecule has 0 bridgehead atoms. The Labute approximate surface area is 176 Å². The Kier molecular flexibility index (Phi) is 5.99. The van der Waals surface area contributed by atoms with E-state index in [0.717, 1.165) is 24.4 Å². The SMILES string of the molecule is COc1ccc(/C=C/c2nc(-c3ccccc3O)n(CN3CCCC3)n2)c(OC)c1. The number of hydrogen-bond donors (Lipinski definition) is 1. The Morgan fingerprint density at radius 1 is 1.03 bits per heavy atom. The van der Waals surface area contributed by atoms with Crippen molar-refractivity contribution in [1.82, 2.24) is 19.7 Å². The van der Waals surface area contributed by atoms with Crippen LogP contribution in [0.2, 0.25) is 0 Å². The topological polar surface area (TPSA) is 72.6 Å². The molecule has 1 aliphatic heterocycles. The zero-order chi connectivity index (χ0) is 20.9. The van der Waals surface area contributed by atoms with Gasteiger partial charge in [-0.05, 0) is 62.3 Å². The van der Waals surface area contributed by atoms with E-state index in [1.54, 1.807) is 26.4 Å². The summed E-state index contributed by atoms with van der Waals surface area (Å²) in [5, 5.41) is 15.0. The molecular weight excluding hydrogens is 380 g/mol. The van der Waals surface area contributed by atoms with Gasteiger partial charge in [0.25, 0.3) is 0 Å². The van der Waals surface area contributed by atoms with Crippen LogP contribution in [0.3, 0.4) is 0 Å². The molecule has 0 amide bonds. The molecule has 30 heavy (non-hydrogen) atoms. The third kappa shape index (κ3) is 4.31. The number of aromatic nitrogens is 3. The van der Waals surface area contributed by atoms with Gasteiger partial charge < -0.3 is 14.6 Å². The van der Waals surface area contributed by atoms with Gasteiger partial charge in [0, 0.05) is 11.6 Å². The van der Waals surface area contributed by atoms with Gasteiger partial charge in [-0.15, -0.1) is 5.10 Å². The molecule has 3 aromatic rings. The molecule has 1 fully saturated rings. The molecule has 7 nitrogen and oxygen atoms in total. The Morgan fingerprint density at radius 2 is 1.83 bits per heavy atom. The van der Waals surface area contributed by atoms with Gasteiger partial charge in [0.05, 0.1) is 26.5 Å².